The molecule has 0 aromatic carbocycles. The lowest BCUT2D eigenvalue weighted by Crippen LogP contribution is -2.32. The van der Waals surface area contributed by atoms with Crippen molar-refractivity contribution in [1.82, 2.24) is 10.2 Å². The summed E-state index contributed by atoms with van der Waals surface area (Å²) in [7, 11) is 1.98. The molecule has 0 aliphatic heterocycles. The molecular formula is C7H14N4S. The van der Waals surface area contributed by atoms with Crippen molar-refractivity contribution >= 4 is 16.5 Å². The summed E-state index contributed by atoms with van der Waals surface area (Å²) in [4.78, 5) is 2.02. The number of hydrogen-bond donors (Lipinski definition) is 1. The Morgan fingerprint density at radius 1 is 1.58 bits per heavy atom. The molecule has 0 spiro atoms. The van der Waals surface area contributed by atoms with Gasteiger partial charge in [0.2, 0.25) is 5.13 Å². The van der Waals surface area contributed by atoms with Gasteiger partial charge in [-0.05, 0) is 13.8 Å². The van der Waals surface area contributed by atoms with Crippen LogP contribution >= 0.6 is 11.3 Å². The van der Waals surface area contributed by atoms with Crippen molar-refractivity contribution in [2.24, 2.45) is 5.73 Å². The minimum atomic E-state index is 0.166. The number of aromatic nitrogens is 2. The van der Waals surface area contributed by atoms with Gasteiger partial charge < -0.3 is 10.6 Å². The maximum Gasteiger partial charge on any atom is 0.208 e. The van der Waals surface area contributed by atoms with Crippen molar-refractivity contribution in [2.75, 3.05) is 18.5 Å². The van der Waals surface area contributed by atoms with E-state index in [-0.39, 0.29) is 6.04 Å². The quantitative estimate of drug-likeness (QED) is 0.752. The standard InChI is InChI=1S/C7H14N4S/c1-5(8)4-11(3)7-10-9-6(2)12-7/h5H,4,8H2,1-3H3. The van der Waals surface area contributed by atoms with Crippen LogP contribution in [0, 0.1) is 6.92 Å². The van der Waals surface area contributed by atoms with E-state index in [0.29, 0.717) is 0 Å². The second kappa shape index (κ2) is 3.82. The SMILES string of the molecule is Cc1nnc(N(C)CC(C)N)s1. The molecule has 0 fully saturated rings. The molecule has 0 amide bonds. The molecule has 68 valence electrons. The molecular weight excluding hydrogens is 172 g/mol. The van der Waals surface area contributed by atoms with E-state index in [9.17, 15) is 0 Å². The summed E-state index contributed by atoms with van der Waals surface area (Å²) in [6.07, 6.45) is 0. The summed E-state index contributed by atoms with van der Waals surface area (Å²) in [6, 6.07) is 0.166. The van der Waals surface area contributed by atoms with Crippen molar-refractivity contribution in [3.05, 3.63) is 5.01 Å². The molecule has 0 bridgehead atoms. The maximum absolute atomic E-state index is 5.65. The summed E-state index contributed by atoms with van der Waals surface area (Å²) >= 11 is 1.59. The summed E-state index contributed by atoms with van der Waals surface area (Å²) in [6.45, 7) is 4.74. The van der Waals surface area contributed by atoms with E-state index in [1.165, 1.54) is 0 Å². The van der Waals surface area contributed by atoms with Gasteiger partial charge in [0, 0.05) is 19.6 Å². The zero-order valence-corrected chi connectivity index (χ0v) is 8.43. The Kier molecular flexibility index (Phi) is 2.99. The molecule has 0 aliphatic rings. The van der Waals surface area contributed by atoms with Crippen LogP contribution in [-0.4, -0.2) is 29.8 Å². The Balaban J connectivity index is 2.58. The predicted octanol–water partition coefficient (Wildman–Crippen LogP) is 0.630. The lowest BCUT2D eigenvalue weighted by Gasteiger charge is -2.16. The van der Waals surface area contributed by atoms with Crippen LogP contribution < -0.4 is 10.6 Å². The Hall–Kier alpha value is -0.680. The summed E-state index contributed by atoms with van der Waals surface area (Å²) in [5.41, 5.74) is 5.65. The highest BCUT2D eigenvalue weighted by atomic mass is 32.1. The minimum Gasteiger partial charge on any atom is -0.348 e. The summed E-state index contributed by atoms with van der Waals surface area (Å²) in [5.74, 6) is 0. The molecule has 1 atom stereocenters. The van der Waals surface area contributed by atoms with Crippen LogP contribution in [0.2, 0.25) is 0 Å². The van der Waals surface area contributed by atoms with Crippen molar-refractivity contribution in [3.63, 3.8) is 0 Å². The van der Waals surface area contributed by atoms with Crippen LogP contribution in [0.25, 0.3) is 0 Å². The van der Waals surface area contributed by atoms with Crippen molar-refractivity contribution < 1.29 is 0 Å². The Morgan fingerprint density at radius 3 is 2.67 bits per heavy atom. The summed E-state index contributed by atoms with van der Waals surface area (Å²) < 4.78 is 0. The van der Waals surface area contributed by atoms with E-state index >= 15 is 0 Å². The van der Waals surface area contributed by atoms with Gasteiger partial charge in [-0.1, -0.05) is 11.3 Å². The highest BCUT2D eigenvalue weighted by Gasteiger charge is 2.07. The molecule has 1 aromatic heterocycles. The number of likely N-dealkylation sites (N-methyl/N-ethyl adjacent to an activating group) is 1. The summed E-state index contributed by atoms with van der Waals surface area (Å²) in [5, 5.41) is 9.86. The van der Waals surface area contributed by atoms with Gasteiger partial charge in [-0.2, -0.15) is 0 Å². The first kappa shape index (κ1) is 9.41. The zero-order chi connectivity index (χ0) is 9.14. The zero-order valence-electron chi connectivity index (χ0n) is 7.61. The smallest absolute Gasteiger partial charge is 0.208 e. The molecule has 12 heavy (non-hydrogen) atoms. The van der Waals surface area contributed by atoms with Crippen LogP contribution in [0.1, 0.15) is 11.9 Å². The van der Waals surface area contributed by atoms with E-state index in [1.807, 2.05) is 25.8 Å². The Bertz CT molecular complexity index is 245. The first-order valence-corrected chi connectivity index (χ1v) is 4.68. The van der Waals surface area contributed by atoms with Crippen molar-refractivity contribution in [1.29, 1.82) is 0 Å². The fraction of sp³-hybridized carbons (Fsp3) is 0.714. The van der Waals surface area contributed by atoms with Gasteiger partial charge in [-0.15, -0.1) is 10.2 Å². The lowest BCUT2D eigenvalue weighted by atomic mass is 10.3. The number of anilines is 1. The van der Waals surface area contributed by atoms with Crippen LogP contribution in [-0.2, 0) is 0 Å². The first-order chi connectivity index (χ1) is 5.59. The normalized spacial score (nSPS) is 13.0. The van der Waals surface area contributed by atoms with E-state index in [2.05, 4.69) is 10.2 Å². The van der Waals surface area contributed by atoms with Crippen LogP contribution in [0.5, 0.6) is 0 Å². The predicted molar refractivity (Wildman–Crippen MR) is 51.6 cm³/mol. The Labute approximate surface area is 76.4 Å². The largest absolute Gasteiger partial charge is 0.348 e. The molecule has 2 N–H and O–H groups in total. The topological polar surface area (TPSA) is 55.0 Å². The first-order valence-electron chi connectivity index (χ1n) is 3.86. The van der Waals surface area contributed by atoms with E-state index in [4.69, 9.17) is 5.73 Å². The average molecular weight is 186 g/mol. The molecule has 1 aromatic rings. The van der Waals surface area contributed by atoms with Gasteiger partial charge in [-0.3, -0.25) is 0 Å². The van der Waals surface area contributed by atoms with Crippen LogP contribution in [0.15, 0.2) is 0 Å². The lowest BCUT2D eigenvalue weighted by molar-refractivity contribution is 0.713. The van der Waals surface area contributed by atoms with E-state index in [0.717, 1.165) is 16.7 Å². The van der Waals surface area contributed by atoms with Gasteiger partial charge in [0.05, 0.1) is 0 Å². The number of nitrogens with two attached hydrogens (primary N) is 1. The second-order valence-corrected chi connectivity index (χ2v) is 4.12. The maximum atomic E-state index is 5.65. The van der Waals surface area contributed by atoms with Crippen molar-refractivity contribution in [3.8, 4) is 0 Å². The van der Waals surface area contributed by atoms with Gasteiger partial charge in [0.15, 0.2) is 0 Å². The number of aryl methyl sites for hydroxylation is 1. The minimum absolute atomic E-state index is 0.166. The molecule has 0 aliphatic carbocycles. The number of hydrogen-bond acceptors (Lipinski definition) is 5. The molecule has 1 unspecified atom stereocenters. The van der Waals surface area contributed by atoms with E-state index < -0.39 is 0 Å². The molecule has 0 saturated heterocycles. The van der Waals surface area contributed by atoms with Crippen molar-refractivity contribution in [2.45, 2.75) is 19.9 Å². The van der Waals surface area contributed by atoms with Crippen LogP contribution in [0.4, 0.5) is 5.13 Å². The highest BCUT2D eigenvalue weighted by Crippen LogP contribution is 2.17. The van der Waals surface area contributed by atoms with Crippen LogP contribution in [0.3, 0.4) is 0 Å². The monoisotopic (exact) mass is 186 g/mol. The fourth-order valence-corrected chi connectivity index (χ4v) is 1.61. The highest BCUT2D eigenvalue weighted by molar-refractivity contribution is 7.15. The van der Waals surface area contributed by atoms with Gasteiger partial charge in [0.1, 0.15) is 5.01 Å². The van der Waals surface area contributed by atoms with Gasteiger partial charge >= 0.3 is 0 Å². The Morgan fingerprint density at radius 2 is 2.25 bits per heavy atom. The van der Waals surface area contributed by atoms with E-state index in [1.54, 1.807) is 11.3 Å². The molecule has 1 heterocycles. The molecule has 4 nitrogen and oxygen atoms in total. The fourth-order valence-electron chi connectivity index (χ4n) is 0.950. The van der Waals surface area contributed by atoms with Gasteiger partial charge in [0.25, 0.3) is 0 Å². The molecule has 1 rings (SSSR count). The second-order valence-electron chi connectivity index (χ2n) is 2.96. The molecule has 0 radical (unpaired) electrons. The third kappa shape index (κ3) is 2.42. The number of rotatable bonds is 3. The molecule has 0 saturated carbocycles. The third-order valence-electron chi connectivity index (χ3n) is 1.40. The number of nitrogens with zero attached hydrogens (tertiary/aromatic N) is 3. The molecule has 5 heteroatoms. The van der Waals surface area contributed by atoms with Gasteiger partial charge in [-0.25, -0.2) is 0 Å². The average Bonchev–Trinajstić information content (AvgIpc) is 2.34. The third-order valence-corrected chi connectivity index (χ3v) is 2.36.